The Labute approximate surface area is 84.3 Å². The largest absolute Gasteiger partial charge is 0.508 e. The molecule has 1 aliphatic heterocycles. The van der Waals surface area contributed by atoms with Crippen molar-refractivity contribution < 1.29 is 10.4 Å². The molecule has 3 N–H and O–H groups in total. The van der Waals surface area contributed by atoms with Crippen LogP contribution < -0.4 is 5.32 Å². The second-order valence-corrected chi connectivity index (χ2v) is 4.56. The zero-order valence-corrected chi connectivity index (χ0v) is 8.83. The number of benzene rings is 1. The van der Waals surface area contributed by atoms with Crippen LogP contribution >= 0.6 is 0 Å². The lowest BCUT2D eigenvalue weighted by Gasteiger charge is -2.26. The minimum absolute atomic E-state index is 0.119. The molecule has 0 spiro atoms. The predicted molar refractivity (Wildman–Crippen MR) is 57.4 cm³/mol. The van der Waals surface area contributed by atoms with Crippen molar-refractivity contribution in [2.75, 3.05) is 0 Å². The molecule has 0 saturated carbocycles. The monoisotopic (exact) mass is 190 g/mol. The molecule has 14 heavy (non-hydrogen) atoms. The Balaban J connectivity index is 2.56. The maximum Gasteiger partial charge on any atom is 0.138 e. The fourth-order valence-electron chi connectivity index (χ4n) is 2.09. The molecule has 1 aliphatic rings. The molecular weight excluding hydrogens is 174 g/mol. The van der Waals surface area contributed by atoms with Gasteiger partial charge in [-0.05, 0) is 44.6 Å². The molecule has 0 unspecified atom stereocenters. The zero-order valence-electron chi connectivity index (χ0n) is 8.83. The number of hydrogen-bond donors (Lipinski definition) is 2. The van der Waals surface area contributed by atoms with Gasteiger partial charge in [-0.15, -0.1) is 0 Å². The van der Waals surface area contributed by atoms with Crippen LogP contribution in [0, 0.1) is 0 Å². The highest BCUT2D eigenvalue weighted by molar-refractivity contribution is 5.74. The average molecular weight is 190 g/mol. The van der Waals surface area contributed by atoms with Gasteiger partial charge in [-0.1, -0.05) is 0 Å². The lowest BCUT2D eigenvalue weighted by atomic mass is 9.91. The molecule has 0 saturated heterocycles. The molecule has 0 aliphatic carbocycles. The molecule has 2 rings (SSSR count). The molecule has 0 radical (unpaired) electrons. The molecule has 0 aromatic heterocycles. The minimum Gasteiger partial charge on any atom is -0.508 e. The Bertz CT molecular complexity index is 405. The summed E-state index contributed by atoms with van der Waals surface area (Å²) in [4.78, 5) is 0. The summed E-state index contributed by atoms with van der Waals surface area (Å²) < 4.78 is 0. The van der Waals surface area contributed by atoms with Crippen LogP contribution in [0.5, 0.6) is 5.75 Å². The standard InChI is InChI=1S/C12H15NO/c1-8-7-12(2,3)13-11-5-4-9(14)6-10(8)11/h4-7,13-14H,1-3H3/p+1. The van der Waals surface area contributed by atoms with E-state index in [9.17, 15) is 5.11 Å². The van der Waals surface area contributed by atoms with Gasteiger partial charge in [0.2, 0.25) is 0 Å². The third-order valence-corrected chi connectivity index (χ3v) is 2.58. The first kappa shape index (κ1) is 9.28. The molecule has 0 bridgehead atoms. The molecule has 2 heteroatoms. The third-order valence-electron chi connectivity index (χ3n) is 2.58. The van der Waals surface area contributed by atoms with Crippen LogP contribution in [0.2, 0.25) is 0 Å². The molecule has 74 valence electrons. The van der Waals surface area contributed by atoms with Gasteiger partial charge in [0.05, 0.1) is 0 Å². The second kappa shape index (κ2) is 2.85. The van der Waals surface area contributed by atoms with Crippen LogP contribution in [-0.2, 0) is 0 Å². The summed E-state index contributed by atoms with van der Waals surface area (Å²) in [6.07, 6.45) is 2.23. The number of fused-ring (bicyclic) bond motifs is 1. The quantitative estimate of drug-likeness (QED) is 0.475. The van der Waals surface area contributed by atoms with E-state index in [0.717, 1.165) is 5.56 Å². The van der Waals surface area contributed by atoms with Crippen molar-refractivity contribution in [2.24, 2.45) is 0 Å². The maximum atomic E-state index is 9.39. The van der Waals surface area contributed by atoms with Gasteiger partial charge in [0.15, 0.2) is 0 Å². The lowest BCUT2D eigenvalue weighted by molar-refractivity contribution is -0.634. The minimum atomic E-state index is 0.119. The Hall–Kier alpha value is -1.28. The summed E-state index contributed by atoms with van der Waals surface area (Å²) in [6.45, 7) is 6.46. The molecular formula is C12H16NO+. The maximum absolute atomic E-state index is 9.39. The molecule has 0 amide bonds. The number of phenols is 1. The fourth-order valence-corrected chi connectivity index (χ4v) is 2.09. The summed E-state index contributed by atoms with van der Waals surface area (Å²) in [6, 6.07) is 5.54. The molecule has 0 fully saturated rings. The molecule has 0 atom stereocenters. The number of phenolic OH excluding ortho intramolecular Hbond substituents is 1. The molecule has 2 nitrogen and oxygen atoms in total. The van der Waals surface area contributed by atoms with Crippen LogP contribution in [0.3, 0.4) is 0 Å². The highest BCUT2D eigenvalue weighted by atomic mass is 16.3. The molecule has 1 aromatic rings. The van der Waals surface area contributed by atoms with Crippen LogP contribution in [0.4, 0.5) is 5.69 Å². The van der Waals surface area contributed by atoms with Crippen LogP contribution in [-0.4, -0.2) is 10.6 Å². The van der Waals surface area contributed by atoms with Crippen molar-refractivity contribution in [1.29, 1.82) is 0 Å². The lowest BCUT2D eigenvalue weighted by Crippen LogP contribution is -2.90. The van der Waals surface area contributed by atoms with Gasteiger partial charge in [0.1, 0.15) is 17.0 Å². The number of rotatable bonds is 0. The van der Waals surface area contributed by atoms with Gasteiger partial charge in [-0.25, -0.2) is 0 Å². The van der Waals surface area contributed by atoms with Gasteiger partial charge in [-0.2, -0.15) is 0 Å². The Morgan fingerprint density at radius 1 is 1.29 bits per heavy atom. The van der Waals surface area contributed by atoms with E-state index >= 15 is 0 Å². The Morgan fingerprint density at radius 3 is 2.71 bits per heavy atom. The summed E-state index contributed by atoms with van der Waals surface area (Å²) >= 11 is 0. The molecule has 1 heterocycles. The highest BCUT2D eigenvalue weighted by Crippen LogP contribution is 2.29. The van der Waals surface area contributed by atoms with Crippen molar-refractivity contribution in [3.63, 3.8) is 0 Å². The van der Waals surface area contributed by atoms with Crippen molar-refractivity contribution in [1.82, 2.24) is 0 Å². The number of aromatic hydroxyl groups is 1. The van der Waals surface area contributed by atoms with E-state index < -0.39 is 0 Å². The first-order valence-electron chi connectivity index (χ1n) is 4.87. The van der Waals surface area contributed by atoms with Crippen molar-refractivity contribution in [3.8, 4) is 5.75 Å². The van der Waals surface area contributed by atoms with Gasteiger partial charge >= 0.3 is 0 Å². The fraction of sp³-hybridized carbons (Fsp3) is 0.333. The van der Waals surface area contributed by atoms with Crippen molar-refractivity contribution >= 4 is 11.3 Å². The predicted octanol–water partition coefficient (Wildman–Crippen LogP) is 1.78. The molecule has 1 aromatic carbocycles. The van der Waals surface area contributed by atoms with Crippen LogP contribution in [0.25, 0.3) is 5.57 Å². The number of nitrogens with two attached hydrogens (primary N) is 1. The van der Waals surface area contributed by atoms with Crippen molar-refractivity contribution in [3.05, 3.63) is 29.8 Å². The first-order chi connectivity index (χ1) is 6.48. The van der Waals surface area contributed by atoms with Gasteiger partial charge < -0.3 is 10.4 Å². The van der Waals surface area contributed by atoms with Gasteiger partial charge in [-0.3, -0.25) is 0 Å². The summed E-state index contributed by atoms with van der Waals surface area (Å²) in [5, 5.41) is 11.6. The van der Waals surface area contributed by atoms with Crippen molar-refractivity contribution in [2.45, 2.75) is 26.3 Å². The number of hydrogen-bond acceptors (Lipinski definition) is 1. The van der Waals surface area contributed by atoms with E-state index in [1.165, 1.54) is 11.3 Å². The zero-order chi connectivity index (χ0) is 10.3. The van der Waals surface area contributed by atoms with E-state index in [1.54, 1.807) is 6.07 Å². The van der Waals surface area contributed by atoms with Gasteiger partial charge in [0, 0.05) is 11.6 Å². The average Bonchev–Trinajstić information content (AvgIpc) is 2.05. The smallest absolute Gasteiger partial charge is 0.138 e. The third kappa shape index (κ3) is 1.53. The number of allylic oxidation sites excluding steroid dienone is 1. The van der Waals surface area contributed by atoms with Crippen LogP contribution in [0.1, 0.15) is 26.3 Å². The van der Waals surface area contributed by atoms with Crippen LogP contribution in [0.15, 0.2) is 24.3 Å². The second-order valence-electron chi connectivity index (χ2n) is 4.56. The van der Waals surface area contributed by atoms with E-state index in [4.69, 9.17) is 0 Å². The van der Waals surface area contributed by atoms with Gasteiger partial charge in [0.25, 0.3) is 0 Å². The SMILES string of the molecule is CC1=CC(C)(C)[NH2+]c2ccc(O)cc21. The van der Waals surface area contributed by atoms with E-state index in [-0.39, 0.29) is 5.54 Å². The van der Waals surface area contributed by atoms with E-state index in [1.807, 2.05) is 12.1 Å². The van der Waals surface area contributed by atoms with E-state index in [0.29, 0.717) is 5.75 Å². The summed E-state index contributed by atoms with van der Waals surface area (Å²) in [5.41, 5.74) is 3.72. The Kier molecular flexibility index (Phi) is 1.89. The topological polar surface area (TPSA) is 36.8 Å². The van der Waals surface area contributed by atoms with E-state index in [2.05, 4.69) is 32.2 Å². The summed E-state index contributed by atoms with van der Waals surface area (Å²) in [5.74, 6) is 0.338. The number of quaternary nitrogens is 1. The summed E-state index contributed by atoms with van der Waals surface area (Å²) in [7, 11) is 0. The first-order valence-corrected chi connectivity index (χ1v) is 4.87. The normalized spacial score (nSPS) is 18.6. The highest BCUT2D eigenvalue weighted by Gasteiger charge is 2.26. The Morgan fingerprint density at radius 2 is 2.00 bits per heavy atom.